The molecule has 1 aliphatic rings. The Morgan fingerprint density at radius 1 is 1.21 bits per heavy atom. The standard InChI is InChI=1S/C23H20ClFN6O2/c24-18-9-2-1-5-15(18)13-31-21-19(28-29-31)22(32)27-20(26-21)16-7-4-10-30(12-16)23(33)14-6-3-8-17(25)11-14/h1-3,5-6,8-9,11,16H,4,7,10,12-13H2,(H,26,27,32)/t16-/m1/s1. The number of fused-ring (bicyclic) bond motifs is 1. The van der Waals surface area contributed by atoms with Crippen LogP contribution in [0.25, 0.3) is 11.2 Å². The Morgan fingerprint density at radius 3 is 2.88 bits per heavy atom. The number of carbonyl (C=O) groups is 1. The first-order valence-electron chi connectivity index (χ1n) is 10.6. The first-order valence-corrected chi connectivity index (χ1v) is 11.0. The van der Waals surface area contributed by atoms with E-state index in [1.165, 1.54) is 18.2 Å². The van der Waals surface area contributed by atoms with E-state index in [9.17, 15) is 14.0 Å². The summed E-state index contributed by atoms with van der Waals surface area (Å²) in [5.74, 6) is -0.387. The maximum Gasteiger partial charge on any atom is 0.281 e. The maximum atomic E-state index is 13.6. The van der Waals surface area contributed by atoms with Gasteiger partial charge in [-0.15, -0.1) is 5.10 Å². The van der Waals surface area contributed by atoms with Gasteiger partial charge in [0.25, 0.3) is 11.5 Å². The quantitative estimate of drug-likeness (QED) is 0.497. The first kappa shape index (κ1) is 21.3. The maximum absolute atomic E-state index is 13.6. The lowest BCUT2D eigenvalue weighted by Gasteiger charge is -2.32. The molecule has 0 saturated carbocycles. The van der Waals surface area contributed by atoms with Gasteiger partial charge in [0.2, 0.25) is 0 Å². The van der Waals surface area contributed by atoms with Gasteiger partial charge in [0.05, 0.1) is 6.54 Å². The lowest BCUT2D eigenvalue weighted by Crippen LogP contribution is -2.40. The molecule has 1 fully saturated rings. The van der Waals surface area contributed by atoms with Gasteiger partial charge in [-0.2, -0.15) is 0 Å². The van der Waals surface area contributed by atoms with Crippen LogP contribution in [0.1, 0.15) is 40.5 Å². The number of benzene rings is 2. The molecule has 5 rings (SSSR count). The normalized spacial score (nSPS) is 16.3. The summed E-state index contributed by atoms with van der Waals surface area (Å²) in [7, 11) is 0. The summed E-state index contributed by atoms with van der Waals surface area (Å²) in [5.41, 5.74) is 1.26. The Bertz CT molecular complexity index is 1400. The number of aromatic nitrogens is 5. The zero-order valence-electron chi connectivity index (χ0n) is 17.5. The van der Waals surface area contributed by atoms with Gasteiger partial charge in [0, 0.05) is 29.6 Å². The number of hydrogen-bond acceptors (Lipinski definition) is 5. The molecule has 1 aliphatic heterocycles. The Balaban J connectivity index is 1.44. The van der Waals surface area contributed by atoms with Crippen LogP contribution in [0.4, 0.5) is 4.39 Å². The number of aromatic amines is 1. The van der Waals surface area contributed by atoms with Gasteiger partial charge in [0.15, 0.2) is 11.2 Å². The van der Waals surface area contributed by atoms with Crippen LogP contribution in [-0.4, -0.2) is 48.9 Å². The highest BCUT2D eigenvalue weighted by Crippen LogP contribution is 2.26. The molecule has 2 aromatic carbocycles. The average Bonchev–Trinajstić information content (AvgIpc) is 3.23. The van der Waals surface area contributed by atoms with E-state index in [-0.39, 0.29) is 22.9 Å². The van der Waals surface area contributed by atoms with Gasteiger partial charge in [-0.3, -0.25) is 9.59 Å². The largest absolute Gasteiger partial charge is 0.338 e. The average molecular weight is 467 g/mol. The number of nitrogens with one attached hydrogen (secondary N) is 1. The molecule has 3 heterocycles. The molecular weight excluding hydrogens is 447 g/mol. The number of amides is 1. The van der Waals surface area contributed by atoms with Gasteiger partial charge in [-0.25, -0.2) is 14.1 Å². The van der Waals surface area contributed by atoms with Crippen molar-refractivity contribution in [2.45, 2.75) is 25.3 Å². The van der Waals surface area contributed by atoms with Gasteiger partial charge < -0.3 is 9.88 Å². The van der Waals surface area contributed by atoms with E-state index in [1.54, 1.807) is 21.7 Å². The minimum atomic E-state index is -0.454. The third-order valence-corrected chi connectivity index (χ3v) is 6.21. The van der Waals surface area contributed by atoms with Gasteiger partial charge in [-0.05, 0) is 42.7 Å². The highest BCUT2D eigenvalue weighted by Gasteiger charge is 2.28. The van der Waals surface area contributed by atoms with E-state index in [1.807, 2.05) is 18.2 Å². The number of carbonyl (C=O) groups excluding carboxylic acids is 1. The monoisotopic (exact) mass is 466 g/mol. The number of rotatable bonds is 4. The predicted octanol–water partition coefficient (Wildman–Crippen LogP) is 3.38. The van der Waals surface area contributed by atoms with E-state index in [0.29, 0.717) is 41.7 Å². The SMILES string of the molecule is O=C(c1cccc(F)c1)N1CCC[C@@H](c2nc3c(nnn3Cc3ccccc3Cl)c(=O)[nH]2)C1. The summed E-state index contributed by atoms with van der Waals surface area (Å²) in [4.78, 5) is 34.7. The van der Waals surface area contributed by atoms with Crippen LogP contribution in [0.2, 0.25) is 5.02 Å². The highest BCUT2D eigenvalue weighted by atomic mass is 35.5. The van der Waals surface area contributed by atoms with E-state index in [4.69, 9.17) is 11.6 Å². The van der Waals surface area contributed by atoms with Gasteiger partial charge in [-0.1, -0.05) is 41.1 Å². The lowest BCUT2D eigenvalue weighted by molar-refractivity contribution is 0.0704. The summed E-state index contributed by atoms with van der Waals surface area (Å²) >= 11 is 6.27. The molecule has 0 bridgehead atoms. The smallest absolute Gasteiger partial charge is 0.281 e. The Hall–Kier alpha value is -3.59. The predicted molar refractivity (Wildman–Crippen MR) is 121 cm³/mol. The Morgan fingerprint density at radius 2 is 2.06 bits per heavy atom. The molecule has 33 heavy (non-hydrogen) atoms. The van der Waals surface area contributed by atoms with Crippen molar-refractivity contribution >= 4 is 28.7 Å². The second-order valence-electron chi connectivity index (χ2n) is 8.06. The molecule has 0 radical (unpaired) electrons. The molecule has 1 atom stereocenters. The van der Waals surface area contributed by atoms with Crippen molar-refractivity contribution in [3.63, 3.8) is 0 Å². The highest BCUT2D eigenvalue weighted by molar-refractivity contribution is 6.31. The van der Waals surface area contributed by atoms with E-state index >= 15 is 0 Å². The molecule has 4 aromatic rings. The van der Waals surface area contributed by atoms with Crippen LogP contribution < -0.4 is 5.56 Å². The second kappa shape index (κ2) is 8.74. The van der Waals surface area contributed by atoms with Crippen molar-refractivity contribution in [3.05, 3.63) is 86.7 Å². The van der Waals surface area contributed by atoms with Crippen LogP contribution in [0.5, 0.6) is 0 Å². The molecule has 1 amide bonds. The zero-order chi connectivity index (χ0) is 22.9. The van der Waals surface area contributed by atoms with Crippen LogP contribution in [0.15, 0.2) is 53.3 Å². The molecule has 1 saturated heterocycles. The molecule has 10 heteroatoms. The first-order chi connectivity index (χ1) is 16.0. The number of piperidine rings is 1. The van der Waals surface area contributed by atoms with Crippen molar-refractivity contribution in [2.75, 3.05) is 13.1 Å². The van der Waals surface area contributed by atoms with Gasteiger partial charge in [0.1, 0.15) is 11.6 Å². The van der Waals surface area contributed by atoms with Crippen LogP contribution in [0.3, 0.4) is 0 Å². The summed E-state index contributed by atoms with van der Waals surface area (Å²) in [5, 5.41) is 8.67. The van der Waals surface area contributed by atoms with Crippen molar-refractivity contribution in [1.29, 1.82) is 0 Å². The van der Waals surface area contributed by atoms with Crippen molar-refractivity contribution in [2.24, 2.45) is 0 Å². The summed E-state index contributed by atoms with van der Waals surface area (Å²) < 4.78 is 15.1. The summed E-state index contributed by atoms with van der Waals surface area (Å²) in [6, 6.07) is 13.0. The molecule has 0 spiro atoms. The lowest BCUT2D eigenvalue weighted by atomic mass is 9.96. The van der Waals surface area contributed by atoms with Crippen LogP contribution in [0, 0.1) is 5.82 Å². The molecule has 2 aromatic heterocycles. The van der Waals surface area contributed by atoms with Crippen molar-refractivity contribution in [1.82, 2.24) is 29.9 Å². The fourth-order valence-corrected chi connectivity index (χ4v) is 4.36. The molecular formula is C23H20ClFN6O2. The van der Waals surface area contributed by atoms with Crippen molar-refractivity contribution < 1.29 is 9.18 Å². The molecule has 0 aliphatic carbocycles. The number of hydrogen-bond donors (Lipinski definition) is 1. The van der Waals surface area contributed by atoms with E-state index in [2.05, 4.69) is 20.3 Å². The third kappa shape index (κ3) is 4.23. The van der Waals surface area contributed by atoms with Crippen LogP contribution >= 0.6 is 11.6 Å². The summed E-state index contributed by atoms with van der Waals surface area (Å²) in [6.45, 7) is 1.25. The fraction of sp³-hybridized carbons (Fsp3) is 0.261. The topological polar surface area (TPSA) is 96.8 Å². The minimum absolute atomic E-state index is 0.148. The van der Waals surface area contributed by atoms with Crippen LogP contribution in [-0.2, 0) is 6.54 Å². The Kier molecular flexibility index (Phi) is 5.63. The fourth-order valence-electron chi connectivity index (χ4n) is 4.16. The molecule has 0 unspecified atom stereocenters. The van der Waals surface area contributed by atoms with E-state index in [0.717, 1.165) is 18.4 Å². The third-order valence-electron chi connectivity index (χ3n) is 5.84. The molecule has 168 valence electrons. The van der Waals surface area contributed by atoms with E-state index < -0.39 is 5.82 Å². The Labute approximate surface area is 193 Å². The minimum Gasteiger partial charge on any atom is -0.338 e. The molecule has 1 N–H and O–H groups in total. The van der Waals surface area contributed by atoms with Crippen molar-refractivity contribution in [3.8, 4) is 0 Å². The number of halogens is 2. The summed E-state index contributed by atoms with van der Waals surface area (Å²) in [6.07, 6.45) is 1.50. The number of likely N-dealkylation sites (tertiary alicyclic amines) is 1. The number of nitrogens with zero attached hydrogens (tertiary/aromatic N) is 5. The zero-order valence-corrected chi connectivity index (χ0v) is 18.3. The van der Waals surface area contributed by atoms with Gasteiger partial charge >= 0.3 is 0 Å². The second-order valence-corrected chi connectivity index (χ2v) is 8.47. The molecule has 8 nitrogen and oxygen atoms in total. The number of H-pyrrole nitrogens is 1.